The van der Waals surface area contributed by atoms with Gasteiger partial charge in [0.05, 0.1) is 5.60 Å². The third kappa shape index (κ3) is 3.44. The van der Waals surface area contributed by atoms with E-state index in [1.807, 2.05) is 31.2 Å². The second kappa shape index (κ2) is 6.00. The zero-order valence-corrected chi connectivity index (χ0v) is 12.8. The average molecular weight is 325 g/mol. The Labute approximate surface area is 121 Å². The van der Waals surface area contributed by atoms with E-state index >= 15 is 0 Å². The minimum atomic E-state index is -0.658. The first-order valence-electron chi connectivity index (χ1n) is 6.11. The zero-order chi connectivity index (χ0) is 13.0. The first-order valence-corrected chi connectivity index (χ1v) is 7.78. The van der Waals surface area contributed by atoms with Crippen LogP contribution in [0.3, 0.4) is 0 Å². The number of halogens is 1. The van der Waals surface area contributed by atoms with Gasteiger partial charge in [-0.1, -0.05) is 37.3 Å². The summed E-state index contributed by atoms with van der Waals surface area (Å²) in [4.78, 5) is 1.22. The Morgan fingerprint density at radius 3 is 2.44 bits per heavy atom. The maximum atomic E-state index is 10.8. The fraction of sp³-hybridized carbons (Fsp3) is 0.333. The van der Waals surface area contributed by atoms with E-state index in [2.05, 4.69) is 33.4 Å². The fourth-order valence-electron chi connectivity index (χ4n) is 2.04. The Hall–Kier alpha value is -0.640. The van der Waals surface area contributed by atoms with E-state index in [1.54, 1.807) is 11.3 Å². The molecule has 2 aromatic rings. The summed E-state index contributed by atoms with van der Waals surface area (Å²) in [5.41, 5.74) is 0.531. The lowest BCUT2D eigenvalue weighted by Crippen LogP contribution is -2.33. The van der Waals surface area contributed by atoms with Crippen LogP contribution in [-0.2, 0) is 12.8 Å². The molecule has 18 heavy (non-hydrogen) atoms. The van der Waals surface area contributed by atoms with Gasteiger partial charge in [0.2, 0.25) is 0 Å². The van der Waals surface area contributed by atoms with Gasteiger partial charge in [0.1, 0.15) is 0 Å². The monoisotopic (exact) mass is 324 g/mol. The number of thiophene rings is 1. The quantitative estimate of drug-likeness (QED) is 0.862. The van der Waals surface area contributed by atoms with Gasteiger partial charge in [0, 0.05) is 22.2 Å². The molecule has 96 valence electrons. The van der Waals surface area contributed by atoms with Crippen LogP contribution in [-0.4, -0.2) is 10.7 Å². The van der Waals surface area contributed by atoms with Crippen LogP contribution >= 0.6 is 27.3 Å². The largest absolute Gasteiger partial charge is 0.389 e. The second-order valence-electron chi connectivity index (χ2n) is 4.61. The van der Waals surface area contributed by atoms with Crippen molar-refractivity contribution in [3.8, 4) is 0 Å². The molecular weight excluding hydrogens is 308 g/mol. The van der Waals surface area contributed by atoms with Gasteiger partial charge < -0.3 is 5.11 Å². The number of aliphatic hydroxyl groups is 1. The third-order valence-electron chi connectivity index (χ3n) is 3.21. The SMILES string of the molecule is CCC(O)(Cc1ccccc1)Cc1sccc1Br. The minimum absolute atomic E-state index is 0.658. The van der Waals surface area contributed by atoms with Gasteiger partial charge in [-0.05, 0) is 39.4 Å². The van der Waals surface area contributed by atoms with Gasteiger partial charge in [-0.15, -0.1) is 11.3 Å². The highest BCUT2D eigenvalue weighted by molar-refractivity contribution is 9.10. The fourth-order valence-corrected chi connectivity index (χ4v) is 3.67. The standard InChI is InChI=1S/C15H17BrOS/c1-2-15(17,10-12-6-4-3-5-7-12)11-14-13(16)8-9-18-14/h3-9,17H,2,10-11H2,1H3. The van der Waals surface area contributed by atoms with Gasteiger partial charge >= 0.3 is 0 Å². The highest BCUT2D eigenvalue weighted by Crippen LogP contribution is 2.30. The van der Waals surface area contributed by atoms with E-state index in [0.29, 0.717) is 12.8 Å². The predicted octanol–water partition coefficient (Wildman–Crippen LogP) is 4.44. The van der Waals surface area contributed by atoms with Gasteiger partial charge in [0.15, 0.2) is 0 Å². The molecule has 0 aliphatic heterocycles. The Kier molecular flexibility index (Phi) is 4.60. The summed E-state index contributed by atoms with van der Waals surface area (Å²) in [6.07, 6.45) is 2.16. The summed E-state index contributed by atoms with van der Waals surface area (Å²) in [5.74, 6) is 0. The van der Waals surface area contributed by atoms with Crippen molar-refractivity contribution in [3.05, 3.63) is 56.7 Å². The van der Waals surface area contributed by atoms with Crippen molar-refractivity contribution in [1.82, 2.24) is 0 Å². The maximum absolute atomic E-state index is 10.8. The topological polar surface area (TPSA) is 20.2 Å². The zero-order valence-electron chi connectivity index (χ0n) is 10.4. The van der Waals surface area contributed by atoms with Gasteiger partial charge in [0.25, 0.3) is 0 Å². The molecule has 0 amide bonds. The molecule has 1 aromatic heterocycles. The molecule has 1 unspecified atom stereocenters. The van der Waals surface area contributed by atoms with Crippen LogP contribution in [0, 0.1) is 0 Å². The molecule has 0 fully saturated rings. The molecule has 3 heteroatoms. The second-order valence-corrected chi connectivity index (χ2v) is 6.46. The van der Waals surface area contributed by atoms with Crippen LogP contribution in [0.25, 0.3) is 0 Å². The van der Waals surface area contributed by atoms with E-state index in [4.69, 9.17) is 0 Å². The third-order valence-corrected chi connectivity index (χ3v) is 5.14. The number of rotatable bonds is 5. The summed E-state index contributed by atoms with van der Waals surface area (Å²) < 4.78 is 1.10. The molecule has 0 saturated heterocycles. The van der Waals surface area contributed by atoms with Gasteiger partial charge in [-0.2, -0.15) is 0 Å². The summed E-state index contributed by atoms with van der Waals surface area (Å²) in [5, 5.41) is 12.8. The maximum Gasteiger partial charge on any atom is 0.0733 e. The van der Waals surface area contributed by atoms with Crippen LogP contribution in [0.2, 0.25) is 0 Å². The molecule has 2 rings (SSSR count). The van der Waals surface area contributed by atoms with Crippen molar-refractivity contribution in [2.75, 3.05) is 0 Å². The summed E-state index contributed by atoms with van der Waals surface area (Å²) >= 11 is 5.23. The molecule has 0 saturated carbocycles. The van der Waals surface area contributed by atoms with E-state index in [1.165, 1.54) is 10.4 Å². The molecule has 0 aliphatic carbocycles. The molecule has 0 bridgehead atoms. The molecule has 0 radical (unpaired) electrons. The molecular formula is C15H17BrOS. The molecule has 1 aromatic carbocycles. The van der Waals surface area contributed by atoms with E-state index < -0.39 is 5.60 Å². The van der Waals surface area contributed by atoms with Crippen molar-refractivity contribution < 1.29 is 5.11 Å². The highest BCUT2D eigenvalue weighted by Gasteiger charge is 2.26. The average Bonchev–Trinajstić information content (AvgIpc) is 2.76. The molecule has 1 nitrogen and oxygen atoms in total. The summed E-state index contributed by atoms with van der Waals surface area (Å²) in [7, 11) is 0. The highest BCUT2D eigenvalue weighted by atomic mass is 79.9. The summed E-state index contributed by atoms with van der Waals surface area (Å²) in [6.45, 7) is 2.05. The van der Waals surface area contributed by atoms with Crippen molar-refractivity contribution in [3.63, 3.8) is 0 Å². The normalized spacial score (nSPS) is 14.4. The molecule has 1 heterocycles. The number of hydrogen-bond acceptors (Lipinski definition) is 2. The van der Waals surface area contributed by atoms with Crippen LogP contribution in [0.4, 0.5) is 0 Å². The Morgan fingerprint density at radius 1 is 1.17 bits per heavy atom. The predicted molar refractivity (Wildman–Crippen MR) is 81.1 cm³/mol. The Morgan fingerprint density at radius 2 is 1.89 bits per heavy atom. The minimum Gasteiger partial charge on any atom is -0.389 e. The van der Waals surface area contributed by atoms with E-state index in [0.717, 1.165) is 10.9 Å². The molecule has 0 aliphatic rings. The van der Waals surface area contributed by atoms with Crippen LogP contribution in [0.1, 0.15) is 23.8 Å². The van der Waals surface area contributed by atoms with Crippen molar-refractivity contribution in [2.45, 2.75) is 31.8 Å². The first kappa shape index (κ1) is 13.8. The molecule has 0 spiro atoms. The van der Waals surface area contributed by atoms with E-state index in [-0.39, 0.29) is 0 Å². The Balaban J connectivity index is 2.13. The molecule has 1 N–H and O–H groups in total. The first-order chi connectivity index (χ1) is 8.63. The van der Waals surface area contributed by atoms with Crippen molar-refractivity contribution >= 4 is 27.3 Å². The molecule has 1 atom stereocenters. The van der Waals surface area contributed by atoms with E-state index in [9.17, 15) is 5.11 Å². The van der Waals surface area contributed by atoms with Crippen molar-refractivity contribution in [1.29, 1.82) is 0 Å². The van der Waals surface area contributed by atoms with Gasteiger partial charge in [-0.3, -0.25) is 0 Å². The number of hydrogen-bond donors (Lipinski definition) is 1. The van der Waals surface area contributed by atoms with Gasteiger partial charge in [-0.25, -0.2) is 0 Å². The Bertz CT molecular complexity index is 494. The lowest BCUT2D eigenvalue weighted by molar-refractivity contribution is 0.0375. The smallest absolute Gasteiger partial charge is 0.0733 e. The van der Waals surface area contributed by atoms with Crippen LogP contribution < -0.4 is 0 Å². The van der Waals surface area contributed by atoms with Crippen LogP contribution in [0.5, 0.6) is 0 Å². The lowest BCUT2D eigenvalue weighted by atomic mass is 9.88. The lowest BCUT2D eigenvalue weighted by Gasteiger charge is -2.26. The van der Waals surface area contributed by atoms with Crippen molar-refractivity contribution in [2.24, 2.45) is 0 Å². The summed E-state index contributed by atoms with van der Waals surface area (Å²) in [6, 6.07) is 12.2. The van der Waals surface area contributed by atoms with Crippen LogP contribution in [0.15, 0.2) is 46.3 Å². The number of benzene rings is 1.